The average Bonchev–Trinajstić information content (AvgIpc) is 3.06. The molecule has 0 unspecified atom stereocenters. The summed E-state index contributed by atoms with van der Waals surface area (Å²) in [6.07, 6.45) is 4.21. The second-order valence-corrected chi connectivity index (χ2v) is 31.1. The summed E-state index contributed by atoms with van der Waals surface area (Å²) in [7, 11) is -0.480. The first-order valence-electron chi connectivity index (χ1n) is 21.6. The third-order valence-corrected chi connectivity index (χ3v) is 11.9. The van der Waals surface area contributed by atoms with Crippen molar-refractivity contribution >= 4 is 16.6 Å². The molecule has 0 radical (unpaired) electrons. The van der Waals surface area contributed by atoms with E-state index in [-0.39, 0.29) is 21.7 Å². The van der Waals surface area contributed by atoms with Crippen LogP contribution in [0.4, 0.5) is 0 Å². The number of benzene rings is 3. The first kappa shape index (κ1) is 49.7. The van der Waals surface area contributed by atoms with Crippen molar-refractivity contribution in [2.24, 2.45) is 0 Å². The number of unbranched alkanes of at least 4 members (excludes halogenated alkanes) is 3. The van der Waals surface area contributed by atoms with Crippen LogP contribution in [-0.2, 0) is 41.5 Å². The Morgan fingerprint density at radius 3 is 1.14 bits per heavy atom. The zero-order valence-electron chi connectivity index (χ0n) is 40.5. The van der Waals surface area contributed by atoms with Gasteiger partial charge in [-0.1, -0.05) is 102 Å². The highest BCUT2D eigenvalue weighted by atomic mass is 28.4. The van der Waals surface area contributed by atoms with E-state index in [1.54, 1.807) is 7.11 Å². The van der Waals surface area contributed by atoms with Crippen LogP contribution in [-0.4, -0.2) is 50.9 Å². The fourth-order valence-electron chi connectivity index (χ4n) is 7.36. The number of hydrogen-bond acceptors (Lipinski definition) is 6. The van der Waals surface area contributed by atoms with E-state index in [1.807, 2.05) is 7.11 Å². The van der Waals surface area contributed by atoms with Gasteiger partial charge in [0.05, 0.1) is 6.61 Å². The topological polar surface area (TPSA) is 55.4 Å². The second-order valence-electron chi connectivity index (χ2n) is 22.2. The van der Waals surface area contributed by atoms with Gasteiger partial charge in [-0.25, -0.2) is 0 Å². The monoisotopic (exact) mass is 835 g/mol. The van der Waals surface area contributed by atoms with Crippen LogP contribution in [0.5, 0.6) is 17.2 Å². The molecule has 0 aliphatic rings. The number of hydrogen-bond donors (Lipinski definition) is 0. The van der Waals surface area contributed by atoms with Gasteiger partial charge in [-0.15, -0.1) is 0 Å². The molecule has 8 heteroatoms. The third kappa shape index (κ3) is 13.2. The van der Waals surface area contributed by atoms with E-state index >= 15 is 0 Å². The van der Waals surface area contributed by atoms with Crippen LogP contribution in [0, 0.1) is 0 Å². The number of methoxy groups -OCH3 is 2. The van der Waals surface area contributed by atoms with Crippen LogP contribution in [0.3, 0.4) is 0 Å². The number of rotatable bonds is 18. The molecule has 3 aromatic carbocycles. The van der Waals surface area contributed by atoms with Crippen molar-refractivity contribution in [2.75, 3.05) is 34.2 Å². The Kier molecular flexibility index (Phi) is 16.3. The highest BCUT2D eigenvalue weighted by Gasteiger charge is 2.43. The van der Waals surface area contributed by atoms with Gasteiger partial charge in [-0.3, -0.25) is 0 Å². The molecule has 0 fully saturated rings. The molecule has 0 heterocycles. The standard InChI is InChI=1S/C50H82O6Si2/c1-46(2,3)40-31-37(32-41(47(4,5)6)44(40)55-57(15,16)17)50(52-14,36-25-27-39(28-26-36)54-30-24-22-21-23-29-53-35-51-13)38-33-42(48(7,8)9)45(56-58(18,19)20)43(34-38)49(10,11)12/h25-28,31-34H,21-24,29-30,35H2,1-20H3. The Morgan fingerprint density at radius 1 is 0.466 bits per heavy atom. The van der Waals surface area contributed by atoms with Gasteiger partial charge < -0.3 is 27.8 Å². The first-order valence-corrected chi connectivity index (χ1v) is 28.4. The first-order chi connectivity index (χ1) is 26.5. The molecule has 0 aliphatic heterocycles. The van der Waals surface area contributed by atoms with Crippen molar-refractivity contribution < 1.29 is 27.8 Å². The van der Waals surface area contributed by atoms with Crippen molar-refractivity contribution in [3.63, 3.8) is 0 Å². The molecular formula is C50H82O6Si2. The van der Waals surface area contributed by atoms with E-state index in [1.165, 1.54) is 22.3 Å². The minimum Gasteiger partial charge on any atom is -0.544 e. The maximum Gasteiger partial charge on any atom is 0.242 e. The Balaban J connectivity index is 2.43. The molecule has 0 saturated heterocycles. The van der Waals surface area contributed by atoms with Gasteiger partial charge >= 0.3 is 0 Å². The van der Waals surface area contributed by atoms with Gasteiger partial charge in [0.1, 0.15) is 29.6 Å². The molecule has 0 aliphatic carbocycles. The van der Waals surface area contributed by atoms with Crippen molar-refractivity contribution in [2.45, 2.75) is 175 Å². The third-order valence-electron chi connectivity index (χ3n) is 10.3. The summed E-state index contributed by atoms with van der Waals surface area (Å²) < 4.78 is 38.0. The van der Waals surface area contributed by atoms with E-state index < -0.39 is 22.2 Å². The molecule has 6 nitrogen and oxygen atoms in total. The highest BCUT2D eigenvalue weighted by molar-refractivity contribution is 6.70. The Hall–Kier alpha value is -2.63. The van der Waals surface area contributed by atoms with Gasteiger partial charge in [0.2, 0.25) is 16.6 Å². The SMILES string of the molecule is COCOCCCCCCOc1ccc(C(OC)(c2cc(C(C)(C)C)c(O[Si](C)(C)C)c(C(C)(C)C)c2)c2cc(C(C)(C)C)c(O[Si](C)(C)C)c(C(C)(C)C)c2)cc1. The van der Waals surface area contributed by atoms with Gasteiger partial charge in [0.25, 0.3) is 0 Å². The normalized spacial score (nSPS) is 13.5. The molecule has 326 valence electrons. The fraction of sp³-hybridized carbons (Fsp3) is 0.640. The molecule has 0 bridgehead atoms. The summed E-state index contributed by atoms with van der Waals surface area (Å²) in [5.74, 6) is 2.89. The molecule has 0 atom stereocenters. The predicted octanol–water partition coefficient (Wildman–Crippen LogP) is 13.8. The second kappa shape index (κ2) is 19.0. The largest absolute Gasteiger partial charge is 0.544 e. The maximum atomic E-state index is 7.13. The van der Waals surface area contributed by atoms with Crippen molar-refractivity contribution in [1.82, 2.24) is 0 Å². The lowest BCUT2D eigenvalue weighted by molar-refractivity contribution is -0.0316. The van der Waals surface area contributed by atoms with E-state index in [0.717, 1.165) is 66.2 Å². The van der Waals surface area contributed by atoms with E-state index in [0.29, 0.717) is 13.4 Å². The Labute approximate surface area is 357 Å². The smallest absolute Gasteiger partial charge is 0.242 e. The van der Waals surface area contributed by atoms with Crippen LogP contribution in [0.2, 0.25) is 39.3 Å². The summed E-state index contributed by atoms with van der Waals surface area (Å²) >= 11 is 0. The Bertz CT molecular complexity index is 1610. The molecule has 3 rings (SSSR count). The zero-order valence-corrected chi connectivity index (χ0v) is 42.5. The molecule has 0 spiro atoms. The van der Waals surface area contributed by atoms with Crippen molar-refractivity contribution in [1.29, 1.82) is 0 Å². The summed E-state index contributed by atoms with van der Waals surface area (Å²) in [5, 5.41) is 0. The van der Waals surface area contributed by atoms with Crippen LogP contribution in [0.25, 0.3) is 0 Å². The molecule has 58 heavy (non-hydrogen) atoms. The molecule has 0 aromatic heterocycles. The van der Waals surface area contributed by atoms with Gasteiger partial charge in [0, 0.05) is 20.8 Å². The van der Waals surface area contributed by atoms with Crippen LogP contribution in [0.1, 0.15) is 148 Å². The quantitative estimate of drug-likeness (QED) is 0.0551. The Morgan fingerprint density at radius 2 is 0.828 bits per heavy atom. The van der Waals surface area contributed by atoms with Crippen molar-refractivity contribution in [3.05, 3.63) is 87.5 Å². The molecule has 0 amide bonds. The lowest BCUT2D eigenvalue weighted by Crippen LogP contribution is -2.37. The van der Waals surface area contributed by atoms with Crippen molar-refractivity contribution in [3.8, 4) is 17.2 Å². The summed E-state index contributed by atoms with van der Waals surface area (Å²) in [6.45, 7) is 42.9. The number of ether oxygens (including phenoxy) is 4. The van der Waals surface area contributed by atoms with Crippen LogP contribution >= 0.6 is 0 Å². The lowest BCUT2D eigenvalue weighted by Gasteiger charge is -2.41. The van der Waals surface area contributed by atoms with E-state index in [9.17, 15) is 0 Å². The van der Waals surface area contributed by atoms with Crippen LogP contribution in [0.15, 0.2) is 48.5 Å². The molecule has 3 aromatic rings. The summed E-state index contributed by atoms with van der Waals surface area (Å²) in [5.41, 5.74) is 6.14. The maximum absolute atomic E-state index is 7.13. The van der Waals surface area contributed by atoms with E-state index in [4.69, 9.17) is 27.8 Å². The van der Waals surface area contributed by atoms with Crippen LogP contribution < -0.4 is 13.6 Å². The summed E-state index contributed by atoms with van der Waals surface area (Å²) in [6, 6.07) is 18.1. The minimum atomic E-state index is -2.00. The molecule has 0 saturated carbocycles. The average molecular weight is 835 g/mol. The molecule has 0 N–H and O–H groups in total. The van der Waals surface area contributed by atoms with Gasteiger partial charge in [-0.2, -0.15) is 0 Å². The van der Waals surface area contributed by atoms with E-state index in [2.05, 4.69) is 171 Å². The van der Waals surface area contributed by atoms with Gasteiger partial charge in [0.15, 0.2) is 0 Å². The highest BCUT2D eigenvalue weighted by Crippen LogP contribution is 2.51. The zero-order chi connectivity index (χ0) is 44.1. The van der Waals surface area contributed by atoms with Gasteiger partial charge in [-0.05, 0) is 156 Å². The lowest BCUT2D eigenvalue weighted by atomic mass is 9.70. The minimum absolute atomic E-state index is 0.207. The predicted molar refractivity (Wildman–Crippen MR) is 251 cm³/mol. The summed E-state index contributed by atoms with van der Waals surface area (Å²) in [4.78, 5) is 0. The fourth-order valence-corrected chi connectivity index (χ4v) is 9.02. The molecular weight excluding hydrogens is 753 g/mol.